The number of nitrogens with one attached hydrogen (secondary N) is 3. The van der Waals surface area contributed by atoms with Gasteiger partial charge in [0.25, 0.3) is 5.91 Å². The molecule has 1 aliphatic rings. The van der Waals surface area contributed by atoms with Gasteiger partial charge in [-0.25, -0.2) is 9.78 Å². The smallest absolute Gasteiger partial charge is 0.411 e. The highest BCUT2D eigenvalue weighted by molar-refractivity contribution is 6.09. The van der Waals surface area contributed by atoms with Crippen molar-refractivity contribution in [2.75, 3.05) is 24.3 Å². The quantitative estimate of drug-likeness (QED) is 0.249. The number of aromatic amines is 1. The van der Waals surface area contributed by atoms with Crippen LogP contribution in [0.5, 0.6) is 5.75 Å². The van der Waals surface area contributed by atoms with Crippen molar-refractivity contribution in [1.82, 2.24) is 14.9 Å². The molecule has 2 aromatic carbocycles. The fourth-order valence-corrected chi connectivity index (χ4v) is 4.80. The predicted octanol–water partition coefficient (Wildman–Crippen LogP) is 6.32. The minimum Gasteiger partial charge on any atom is -0.497 e. The van der Waals surface area contributed by atoms with Gasteiger partial charge in [0.15, 0.2) is 5.78 Å². The number of ether oxygens (including phenoxy) is 2. The molecule has 2 aromatic heterocycles. The minimum absolute atomic E-state index is 0.110. The van der Waals surface area contributed by atoms with Crippen molar-refractivity contribution >= 4 is 35.0 Å². The number of carbonyl (C=O) groups is 3. The second kappa shape index (κ2) is 11.4. The van der Waals surface area contributed by atoms with Gasteiger partial charge in [0, 0.05) is 28.7 Å². The predicted molar refractivity (Wildman–Crippen MR) is 160 cm³/mol. The number of carbonyl (C=O) groups excluding carboxylic acids is 3. The van der Waals surface area contributed by atoms with E-state index in [1.165, 1.54) is 4.90 Å². The van der Waals surface area contributed by atoms with Crippen molar-refractivity contribution in [3.05, 3.63) is 89.2 Å². The van der Waals surface area contributed by atoms with E-state index in [0.29, 0.717) is 45.3 Å². The fraction of sp³-hybridized carbons (Fsp3) is 0.250. The van der Waals surface area contributed by atoms with Gasteiger partial charge in [-0.3, -0.25) is 14.5 Å². The van der Waals surface area contributed by atoms with Gasteiger partial charge in [0.2, 0.25) is 0 Å². The van der Waals surface area contributed by atoms with Crippen LogP contribution in [0.15, 0.2) is 66.9 Å². The lowest BCUT2D eigenvalue weighted by molar-refractivity contribution is 0.0218. The Morgan fingerprint density at radius 2 is 1.79 bits per heavy atom. The normalized spacial score (nSPS) is 12.9. The van der Waals surface area contributed by atoms with Crippen LogP contribution in [0.2, 0.25) is 0 Å². The van der Waals surface area contributed by atoms with E-state index in [9.17, 15) is 14.4 Å². The zero-order valence-electron chi connectivity index (χ0n) is 24.2. The number of benzene rings is 2. The number of anilines is 3. The van der Waals surface area contributed by atoms with Crippen LogP contribution in [0.4, 0.5) is 22.0 Å². The number of H-pyrrole nitrogens is 1. The first kappa shape index (κ1) is 28.4. The first-order valence-electron chi connectivity index (χ1n) is 13.5. The monoisotopic (exact) mass is 567 g/mol. The molecule has 0 fully saturated rings. The Hall–Kier alpha value is -5.12. The van der Waals surface area contributed by atoms with Crippen molar-refractivity contribution in [2.45, 2.75) is 39.8 Å². The summed E-state index contributed by atoms with van der Waals surface area (Å²) < 4.78 is 10.8. The number of aromatic nitrogens is 2. The van der Waals surface area contributed by atoms with E-state index in [2.05, 4.69) is 20.6 Å². The number of para-hydroxylation sites is 1. The molecule has 3 heterocycles. The molecule has 10 nitrogen and oxygen atoms in total. The SMILES string of the molecule is COc1ccc(C(=O)Nc2cc(-c3[nH]c4c(c3Nc3ccccc3)C(=O)CN(C(=O)OC(C)(C)C)C4)ccn2)c(C)c1. The van der Waals surface area contributed by atoms with E-state index in [4.69, 9.17) is 9.47 Å². The molecule has 216 valence electrons. The summed E-state index contributed by atoms with van der Waals surface area (Å²) in [5.74, 6) is 0.475. The number of Topliss-reactive ketones (excluding diaryl/α,β-unsaturated/α-hetero) is 1. The van der Waals surface area contributed by atoms with Crippen molar-refractivity contribution in [1.29, 1.82) is 0 Å². The summed E-state index contributed by atoms with van der Waals surface area (Å²) in [5.41, 5.74) is 4.33. The van der Waals surface area contributed by atoms with E-state index < -0.39 is 11.7 Å². The Morgan fingerprint density at radius 1 is 1.02 bits per heavy atom. The Bertz CT molecular complexity index is 1660. The van der Waals surface area contributed by atoms with Gasteiger partial charge in [-0.15, -0.1) is 0 Å². The number of pyridine rings is 1. The maximum absolute atomic E-state index is 13.5. The number of fused-ring (bicyclic) bond motifs is 1. The number of hydrogen-bond acceptors (Lipinski definition) is 7. The molecule has 4 aromatic rings. The average Bonchev–Trinajstić information content (AvgIpc) is 3.31. The van der Waals surface area contributed by atoms with Crippen LogP contribution in [-0.4, -0.2) is 51.9 Å². The highest BCUT2D eigenvalue weighted by atomic mass is 16.6. The Balaban J connectivity index is 1.50. The standard InChI is InChI=1S/C32H33N5O5/c1-19-15-22(41-5)11-12-23(19)30(39)36-26-16-20(13-14-33-26)28-29(34-21-9-7-6-8-10-21)27-24(35-28)17-37(18-25(27)38)31(40)42-32(2,3)4/h6-16,34-35H,17-18H2,1-5H3,(H,33,36,39). The third-order valence-corrected chi connectivity index (χ3v) is 6.70. The van der Waals surface area contributed by atoms with Crippen LogP contribution < -0.4 is 15.4 Å². The molecule has 10 heteroatoms. The molecular formula is C32H33N5O5. The van der Waals surface area contributed by atoms with E-state index in [0.717, 1.165) is 11.3 Å². The van der Waals surface area contributed by atoms with E-state index >= 15 is 0 Å². The van der Waals surface area contributed by atoms with Gasteiger partial charge in [-0.1, -0.05) is 18.2 Å². The van der Waals surface area contributed by atoms with Gasteiger partial charge in [0.05, 0.1) is 37.1 Å². The molecule has 3 N–H and O–H groups in total. The molecule has 0 unspecified atom stereocenters. The molecule has 0 spiro atoms. The largest absolute Gasteiger partial charge is 0.497 e. The maximum atomic E-state index is 13.5. The fourth-order valence-electron chi connectivity index (χ4n) is 4.80. The molecule has 2 amide bonds. The molecule has 1 aliphatic heterocycles. The van der Waals surface area contributed by atoms with Crippen molar-refractivity contribution < 1.29 is 23.9 Å². The minimum atomic E-state index is -0.691. The van der Waals surface area contributed by atoms with Crippen LogP contribution in [0.3, 0.4) is 0 Å². The van der Waals surface area contributed by atoms with E-state index in [1.54, 1.807) is 64.4 Å². The first-order chi connectivity index (χ1) is 20.0. The number of amides is 2. The molecule has 42 heavy (non-hydrogen) atoms. The zero-order chi connectivity index (χ0) is 30.0. The van der Waals surface area contributed by atoms with E-state index in [-0.39, 0.29) is 24.8 Å². The molecule has 5 rings (SSSR count). The summed E-state index contributed by atoms with van der Waals surface area (Å²) in [4.78, 5) is 48.5. The summed E-state index contributed by atoms with van der Waals surface area (Å²) in [6, 6.07) is 18.3. The van der Waals surface area contributed by atoms with Crippen molar-refractivity contribution in [2.24, 2.45) is 0 Å². The Labute approximate surface area is 244 Å². The molecule has 0 saturated heterocycles. The van der Waals surface area contributed by atoms with Gasteiger partial charge >= 0.3 is 6.09 Å². The van der Waals surface area contributed by atoms with E-state index in [1.807, 2.05) is 37.3 Å². The average molecular weight is 568 g/mol. The molecule has 0 atom stereocenters. The lowest BCUT2D eigenvalue weighted by atomic mass is 10.0. The number of ketones is 1. The summed E-state index contributed by atoms with van der Waals surface area (Å²) in [6.45, 7) is 7.25. The third-order valence-electron chi connectivity index (χ3n) is 6.70. The van der Waals surface area contributed by atoms with Crippen molar-refractivity contribution in [3.63, 3.8) is 0 Å². The first-order valence-corrected chi connectivity index (χ1v) is 13.5. The van der Waals surface area contributed by atoms with Crippen LogP contribution in [0.25, 0.3) is 11.3 Å². The molecular weight excluding hydrogens is 534 g/mol. The van der Waals surface area contributed by atoms with Crippen LogP contribution >= 0.6 is 0 Å². The maximum Gasteiger partial charge on any atom is 0.411 e. The lowest BCUT2D eigenvalue weighted by Crippen LogP contribution is -2.42. The van der Waals surface area contributed by atoms with Crippen LogP contribution in [-0.2, 0) is 11.3 Å². The molecule has 0 aliphatic carbocycles. The lowest BCUT2D eigenvalue weighted by Gasteiger charge is -2.29. The second-order valence-electron chi connectivity index (χ2n) is 11.0. The Kier molecular flexibility index (Phi) is 7.71. The van der Waals surface area contributed by atoms with Crippen LogP contribution in [0.1, 0.15) is 52.7 Å². The topological polar surface area (TPSA) is 126 Å². The molecule has 0 bridgehead atoms. The number of rotatable bonds is 6. The number of methoxy groups -OCH3 is 1. The highest BCUT2D eigenvalue weighted by Gasteiger charge is 2.34. The third kappa shape index (κ3) is 6.12. The number of aryl methyl sites for hydroxylation is 1. The summed E-state index contributed by atoms with van der Waals surface area (Å²) in [5, 5.41) is 6.26. The highest BCUT2D eigenvalue weighted by Crippen LogP contribution is 2.38. The molecule has 0 saturated carbocycles. The number of nitrogens with zero attached hydrogens (tertiary/aromatic N) is 2. The van der Waals surface area contributed by atoms with Crippen molar-refractivity contribution in [3.8, 4) is 17.0 Å². The van der Waals surface area contributed by atoms with Crippen LogP contribution in [0, 0.1) is 6.92 Å². The van der Waals surface area contributed by atoms with Gasteiger partial charge in [-0.2, -0.15) is 0 Å². The molecule has 0 radical (unpaired) electrons. The zero-order valence-corrected chi connectivity index (χ0v) is 24.2. The van der Waals surface area contributed by atoms with Gasteiger partial charge in [0.1, 0.15) is 17.2 Å². The van der Waals surface area contributed by atoms with Gasteiger partial charge in [-0.05, 0) is 75.7 Å². The summed E-state index contributed by atoms with van der Waals surface area (Å²) in [6.07, 6.45) is 1.03. The number of hydrogen-bond donors (Lipinski definition) is 3. The van der Waals surface area contributed by atoms with Gasteiger partial charge < -0.3 is 25.1 Å². The summed E-state index contributed by atoms with van der Waals surface area (Å²) >= 11 is 0. The second-order valence-corrected chi connectivity index (χ2v) is 11.0. The summed E-state index contributed by atoms with van der Waals surface area (Å²) in [7, 11) is 1.58. The Morgan fingerprint density at radius 3 is 2.48 bits per heavy atom.